The van der Waals surface area contributed by atoms with Gasteiger partial charge >= 0.3 is 5.97 Å². The number of aliphatic hydroxyl groups is 22. The molecule has 0 aromatic heterocycles. The van der Waals surface area contributed by atoms with Gasteiger partial charge in [0, 0.05) is 0 Å². The van der Waals surface area contributed by atoms with E-state index in [1.807, 2.05) is 0 Å². The summed E-state index contributed by atoms with van der Waals surface area (Å²) in [5, 5.41) is 241. The first-order valence-corrected chi connectivity index (χ1v) is 40.4. The summed E-state index contributed by atoms with van der Waals surface area (Å²) in [6, 6.07) is 0. The first-order valence-electron chi connectivity index (χ1n) is 40.4. The van der Waals surface area contributed by atoms with E-state index >= 15 is 4.79 Å². The van der Waals surface area contributed by atoms with E-state index in [9.17, 15) is 112 Å². The number of hydrogen-bond acceptors (Lipinski definition) is 39. The molecule has 0 amide bonds. The number of aliphatic hydroxyl groups excluding tert-OH is 22. The van der Waals surface area contributed by atoms with Gasteiger partial charge in [-0.3, -0.25) is 4.79 Å². The first-order chi connectivity index (χ1) is 54.0. The zero-order chi connectivity index (χ0) is 83.7. The van der Waals surface area contributed by atoms with Crippen LogP contribution in [-0.2, 0) is 80.6 Å². The molecule has 4 saturated carbocycles. The second-order valence-electron chi connectivity index (χ2n) is 36.6. The monoisotopic (exact) mass is 1660 g/mol. The smallest absolute Gasteiger partial charge is 0.315 e. The molecule has 22 N–H and O–H groups in total. The highest BCUT2D eigenvalue weighted by atomic mass is 16.8. The molecule has 8 saturated heterocycles. The molecule has 0 aromatic rings. The molecule has 115 heavy (non-hydrogen) atoms. The summed E-state index contributed by atoms with van der Waals surface area (Å²) < 4.78 is 95.9. The van der Waals surface area contributed by atoms with Gasteiger partial charge in [0.25, 0.3) is 0 Å². The molecule has 13 aliphatic rings. The predicted octanol–water partition coefficient (Wildman–Crippen LogP) is -7.41. The van der Waals surface area contributed by atoms with Crippen LogP contribution in [0.2, 0.25) is 0 Å². The van der Waals surface area contributed by atoms with Crippen molar-refractivity contribution in [1.82, 2.24) is 0 Å². The van der Waals surface area contributed by atoms with Gasteiger partial charge in [-0.05, 0) is 123 Å². The average molecular weight is 1660 g/mol. The van der Waals surface area contributed by atoms with Crippen molar-refractivity contribution < 1.29 is 193 Å². The summed E-state index contributed by atoms with van der Waals surface area (Å²) in [5.41, 5.74) is -2.07. The lowest BCUT2D eigenvalue weighted by Gasteiger charge is -2.71. The minimum atomic E-state index is -2.02. The van der Waals surface area contributed by atoms with Crippen LogP contribution >= 0.6 is 0 Å². The van der Waals surface area contributed by atoms with Crippen molar-refractivity contribution in [2.24, 2.45) is 50.2 Å². The molecule has 0 radical (unpaired) electrons. The Labute approximate surface area is 664 Å². The molecular formula is C76H124O39. The fraction of sp³-hybridized carbons (Fsp3) is 0.961. The number of hydrogen-bond donors (Lipinski definition) is 22. The second-order valence-corrected chi connectivity index (χ2v) is 36.6. The lowest BCUT2D eigenvalue weighted by atomic mass is 9.33. The third-order valence-electron chi connectivity index (χ3n) is 29.0. The van der Waals surface area contributed by atoms with Crippen molar-refractivity contribution in [3.8, 4) is 0 Å². The molecule has 0 bridgehead atoms. The van der Waals surface area contributed by atoms with E-state index in [0.717, 1.165) is 18.4 Å². The predicted molar refractivity (Wildman–Crippen MR) is 379 cm³/mol. The van der Waals surface area contributed by atoms with E-state index in [1.54, 1.807) is 0 Å². The first kappa shape index (κ1) is 90.5. The SMILES string of the molecule is CC1OC(OC2C(OC3CCC4(C)C(CCC5(C)C4CC=C4C6CC(C)(C)CCC6(C(=O)OC6OC(COC7OC(CO)C(OC8OC(C)C(O)C(OC9OC(CO)C(O)C(O)C9O)C8O)C(O)C7O)C(O)C(O)C6O)CCC45C)C3(C)C)OCC(OC3OC(CO)C(O)C(O)C3O)C2O)C(O)C(OC2OCC(O)C(O)C2O)C1O. The van der Waals surface area contributed by atoms with Gasteiger partial charge in [0.05, 0.1) is 63.4 Å². The number of fused-ring (bicyclic) bond motifs is 7. The normalized spacial score (nSPS) is 54.6. The Balaban J connectivity index is 0.680. The van der Waals surface area contributed by atoms with Crippen molar-refractivity contribution in [2.75, 3.05) is 39.6 Å². The Hall–Kier alpha value is -2.27. The topological polar surface area (TPSA) is 610 Å². The molecule has 8 heterocycles. The minimum absolute atomic E-state index is 0.00486. The number of carbonyl (C=O) groups is 1. The van der Waals surface area contributed by atoms with Crippen LogP contribution in [-0.4, -0.2) is 397 Å². The van der Waals surface area contributed by atoms with E-state index in [-0.39, 0.29) is 34.0 Å². The summed E-state index contributed by atoms with van der Waals surface area (Å²) in [7, 11) is 0. The summed E-state index contributed by atoms with van der Waals surface area (Å²) in [4.78, 5) is 15.5. The summed E-state index contributed by atoms with van der Waals surface area (Å²) in [5.74, 6) is -0.962. The van der Waals surface area contributed by atoms with Gasteiger partial charge in [-0.1, -0.05) is 60.1 Å². The molecular weight excluding hydrogens is 1540 g/mol. The van der Waals surface area contributed by atoms with Gasteiger partial charge in [0.15, 0.2) is 44.0 Å². The number of ether oxygens (including phenoxy) is 16. The molecule has 0 aromatic carbocycles. The Morgan fingerprint density at radius 1 is 0.417 bits per heavy atom. The number of allylic oxidation sites excluding steroid dienone is 2. The van der Waals surface area contributed by atoms with Crippen LogP contribution in [0.1, 0.15) is 127 Å². The van der Waals surface area contributed by atoms with E-state index in [0.29, 0.717) is 51.4 Å². The van der Waals surface area contributed by atoms with Gasteiger partial charge in [-0.2, -0.15) is 0 Å². The van der Waals surface area contributed by atoms with Crippen molar-refractivity contribution in [3.05, 3.63) is 11.6 Å². The number of rotatable bonds is 20. The fourth-order valence-corrected chi connectivity index (χ4v) is 21.6. The van der Waals surface area contributed by atoms with Crippen LogP contribution in [0.15, 0.2) is 11.6 Å². The Bertz CT molecular complexity index is 3290. The maximum atomic E-state index is 15.5. The number of esters is 1. The van der Waals surface area contributed by atoms with E-state index in [1.165, 1.54) is 13.8 Å². The molecule has 0 spiro atoms. The van der Waals surface area contributed by atoms with Crippen LogP contribution in [0, 0.1) is 50.2 Å². The van der Waals surface area contributed by atoms with E-state index < -0.39 is 301 Å². The Kier molecular flexibility index (Phi) is 27.3. The summed E-state index contributed by atoms with van der Waals surface area (Å²) in [6.45, 7) is 14.3. The molecule has 5 aliphatic carbocycles. The van der Waals surface area contributed by atoms with Crippen molar-refractivity contribution in [1.29, 1.82) is 0 Å². The average Bonchev–Trinajstić information content (AvgIpc) is 0.673. The summed E-state index contributed by atoms with van der Waals surface area (Å²) >= 11 is 0. The molecule has 46 unspecified atom stereocenters. The van der Waals surface area contributed by atoms with Gasteiger partial charge in [0.2, 0.25) is 6.29 Å². The van der Waals surface area contributed by atoms with Crippen molar-refractivity contribution >= 4 is 5.97 Å². The third-order valence-corrected chi connectivity index (χ3v) is 29.0. The van der Waals surface area contributed by atoms with E-state index in [2.05, 4.69) is 54.5 Å². The minimum Gasteiger partial charge on any atom is -0.432 e. The van der Waals surface area contributed by atoms with Crippen molar-refractivity contribution in [2.45, 2.75) is 366 Å². The molecule has 39 heteroatoms. The van der Waals surface area contributed by atoms with Crippen LogP contribution in [0.25, 0.3) is 0 Å². The standard InChI is InChI=1S/C76H124O39/c1-27-40(81)59(112-63-51(92)42(83)31(80)24-100-63)56(97)68(104-27)114-61-46(87)36(109-64-52(93)47(88)43(84)32(21-77)105-64)26-102-69(61)110-39-13-14-73(7)37(72(39,5)6)12-15-75(9)38(73)11-10-29-30-20-71(3,4)16-18-76(30,19-17-74(29,75)8)70(99)115-66-54(95)49(90)45(86)35(108-66)25-101-62-55(96)50(91)58(34(23-79)107-62)111-67-57(98)60(41(82)28(2)103-67)113-65-53(94)48(89)44(85)33(22-78)106-65/h10,27-28,30-69,77-98H,11-26H2,1-9H3. The summed E-state index contributed by atoms with van der Waals surface area (Å²) in [6.07, 6.45) is -57.6. The molecule has 8 aliphatic heterocycles. The zero-order valence-electron chi connectivity index (χ0n) is 65.9. The molecule has 13 rings (SSSR count). The lowest BCUT2D eigenvalue weighted by molar-refractivity contribution is -0.388. The highest BCUT2D eigenvalue weighted by Crippen LogP contribution is 2.76. The zero-order valence-corrected chi connectivity index (χ0v) is 65.9. The van der Waals surface area contributed by atoms with Crippen LogP contribution < -0.4 is 0 Å². The van der Waals surface area contributed by atoms with E-state index in [4.69, 9.17) is 75.8 Å². The van der Waals surface area contributed by atoms with Gasteiger partial charge < -0.3 is 188 Å². The maximum Gasteiger partial charge on any atom is 0.315 e. The molecule has 39 nitrogen and oxygen atoms in total. The van der Waals surface area contributed by atoms with Gasteiger partial charge in [0.1, 0.15) is 171 Å². The highest BCUT2D eigenvalue weighted by molar-refractivity contribution is 5.79. The largest absolute Gasteiger partial charge is 0.432 e. The Morgan fingerprint density at radius 3 is 1.50 bits per heavy atom. The van der Waals surface area contributed by atoms with Crippen LogP contribution in [0.5, 0.6) is 0 Å². The number of carbonyl (C=O) groups excluding carboxylic acids is 1. The lowest BCUT2D eigenvalue weighted by Crippen LogP contribution is -2.67. The molecule has 46 atom stereocenters. The van der Waals surface area contributed by atoms with Crippen molar-refractivity contribution in [3.63, 3.8) is 0 Å². The second kappa shape index (κ2) is 34.7. The molecule has 12 fully saturated rings. The van der Waals surface area contributed by atoms with Crippen LogP contribution in [0.4, 0.5) is 0 Å². The quantitative estimate of drug-likeness (QED) is 0.0306. The highest BCUT2D eigenvalue weighted by Gasteiger charge is 2.71. The Morgan fingerprint density at radius 2 is 0.904 bits per heavy atom. The molecule has 662 valence electrons. The fourth-order valence-electron chi connectivity index (χ4n) is 21.6. The van der Waals surface area contributed by atoms with Gasteiger partial charge in [-0.15, -0.1) is 0 Å². The third kappa shape index (κ3) is 16.2. The maximum absolute atomic E-state index is 15.5. The van der Waals surface area contributed by atoms with Gasteiger partial charge in [-0.25, -0.2) is 0 Å². The van der Waals surface area contributed by atoms with Crippen LogP contribution in [0.3, 0.4) is 0 Å².